The second-order valence-corrected chi connectivity index (χ2v) is 1.93. The quantitative estimate of drug-likeness (QED) is 0.418. The van der Waals surface area contributed by atoms with Gasteiger partial charge in [0, 0.05) is 14.0 Å². The third-order valence-electron chi connectivity index (χ3n) is 0.970. The van der Waals surface area contributed by atoms with Crippen molar-refractivity contribution in [3.8, 4) is 0 Å². The molecule has 4 nitrogen and oxygen atoms in total. The van der Waals surface area contributed by atoms with Crippen LogP contribution in [-0.4, -0.2) is 44.9 Å². The molecule has 1 N–H and O–H groups in total. The van der Waals surface area contributed by atoms with Gasteiger partial charge in [0.05, 0.1) is 26.4 Å². The van der Waals surface area contributed by atoms with E-state index in [1.807, 2.05) is 0 Å². The second kappa shape index (κ2) is 7.94. The molecule has 0 aromatic carbocycles. The van der Waals surface area contributed by atoms with Crippen LogP contribution >= 0.6 is 0 Å². The molecule has 0 saturated carbocycles. The number of aliphatic hydroxyl groups excluding tert-OH is 1. The van der Waals surface area contributed by atoms with Gasteiger partial charge in [0.2, 0.25) is 0 Å². The molecule has 0 amide bonds. The van der Waals surface area contributed by atoms with E-state index in [2.05, 4.69) is 6.92 Å². The van der Waals surface area contributed by atoms with Crippen LogP contribution in [-0.2, 0) is 14.2 Å². The van der Waals surface area contributed by atoms with Crippen LogP contribution in [0.3, 0.4) is 0 Å². The van der Waals surface area contributed by atoms with Crippen LogP contribution in [0.25, 0.3) is 0 Å². The fourth-order valence-electron chi connectivity index (χ4n) is 0.487. The van der Waals surface area contributed by atoms with Gasteiger partial charge in [-0.3, -0.25) is 0 Å². The molecule has 0 aliphatic heterocycles. The van der Waals surface area contributed by atoms with Gasteiger partial charge >= 0.3 is 0 Å². The summed E-state index contributed by atoms with van der Waals surface area (Å²) in [6, 6.07) is 0. The van der Waals surface area contributed by atoms with Crippen molar-refractivity contribution in [2.75, 3.05) is 33.5 Å². The van der Waals surface area contributed by atoms with Crippen molar-refractivity contribution in [1.82, 2.24) is 0 Å². The number of hydrogen-bond donors (Lipinski definition) is 1. The normalized spacial score (nSPS) is 13.4. The van der Waals surface area contributed by atoms with Gasteiger partial charge in [-0.2, -0.15) is 0 Å². The highest BCUT2D eigenvalue weighted by Crippen LogP contribution is 1.83. The molecule has 0 bridgehead atoms. The average Bonchev–Trinajstić information content (AvgIpc) is 1.96. The van der Waals surface area contributed by atoms with Crippen molar-refractivity contribution in [3.63, 3.8) is 0 Å². The van der Waals surface area contributed by atoms with Crippen molar-refractivity contribution in [2.24, 2.45) is 0 Å². The van der Waals surface area contributed by atoms with E-state index < -0.39 is 6.29 Å². The maximum Gasteiger partial charge on any atom is 0.154 e. The molecule has 0 aliphatic rings. The van der Waals surface area contributed by atoms with Crippen LogP contribution < -0.4 is 0 Å². The monoisotopic (exact) mass is 163 g/mol. The molecule has 0 rings (SSSR count). The highest BCUT2D eigenvalue weighted by Gasteiger charge is 1.93. The first-order valence-corrected chi connectivity index (χ1v) is 3.47. The van der Waals surface area contributed by atoms with E-state index in [-0.39, 0.29) is 0 Å². The van der Waals surface area contributed by atoms with E-state index in [1.54, 1.807) is 7.11 Å². The van der Waals surface area contributed by atoms with Crippen LogP contribution in [0.15, 0.2) is 0 Å². The predicted molar refractivity (Wildman–Crippen MR) is 40.0 cm³/mol. The molecule has 67 valence electrons. The molecule has 0 aromatic rings. The van der Waals surface area contributed by atoms with Crippen LogP contribution in [0.1, 0.15) is 0 Å². The van der Waals surface area contributed by atoms with Crippen LogP contribution in [0.2, 0.25) is 0 Å². The molecule has 0 spiro atoms. The largest absolute Gasteiger partial charge is 0.382 e. The average molecular weight is 163 g/mol. The van der Waals surface area contributed by atoms with E-state index in [9.17, 15) is 0 Å². The number of rotatable bonds is 7. The van der Waals surface area contributed by atoms with Crippen molar-refractivity contribution in [3.05, 3.63) is 6.92 Å². The Balaban J connectivity index is 2.80. The summed E-state index contributed by atoms with van der Waals surface area (Å²) in [6.07, 6.45) is -0.957. The van der Waals surface area contributed by atoms with Crippen LogP contribution in [0.4, 0.5) is 0 Å². The molecule has 1 atom stereocenters. The van der Waals surface area contributed by atoms with Crippen molar-refractivity contribution >= 4 is 0 Å². The fraction of sp³-hybridized carbons (Fsp3) is 0.857. The third-order valence-corrected chi connectivity index (χ3v) is 0.970. The van der Waals surface area contributed by atoms with E-state index in [4.69, 9.17) is 19.3 Å². The lowest BCUT2D eigenvalue weighted by Crippen LogP contribution is -2.13. The summed E-state index contributed by atoms with van der Waals surface area (Å²) in [6.45, 7) is 5.16. The van der Waals surface area contributed by atoms with Crippen molar-refractivity contribution in [2.45, 2.75) is 6.29 Å². The Hall–Kier alpha value is -0.160. The molecular formula is C7H15O4. The lowest BCUT2D eigenvalue weighted by molar-refractivity contribution is -0.0849. The summed E-state index contributed by atoms with van der Waals surface area (Å²) in [5.41, 5.74) is 0. The zero-order chi connectivity index (χ0) is 8.53. The van der Waals surface area contributed by atoms with Crippen LogP contribution in [0.5, 0.6) is 0 Å². The second-order valence-electron chi connectivity index (χ2n) is 1.93. The Morgan fingerprint density at radius 3 is 2.45 bits per heavy atom. The van der Waals surface area contributed by atoms with Gasteiger partial charge in [-0.1, -0.05) is 0 Å². The number of ether oxygens (including phenoxy) is 3. The molecule has 0 fully saturated rings. The predicted octanol–water partition coefficient (Wildman–Crippen LogP) is -0.182. The zero-order valence-corrected chi connectivity index (χ0v) is 6.78. The molecule has 0 aromatic heterocycles. The van der Waals surface area contributed by atoms with Gasteiger partial charge in [-0.15, -0.1) is 0 Å². The van der Waals surface area contributed by atoms with E-state index in [0.717, 1.165) is 0 Å². The smallest absolute Gasteiger partial charge is 0.154 e. The van der Waals surface area contributed by atoms with Crippen molar-refractivity contribution in [1.29, 1.82) is 0 Å². The summed E-state index contributed by atoms with van der Waals surface area (Å²) in [5.74, 6) is 0. The summed E-state index contributed by atoms with van der Waals surface area (Å²) < 4.78 is 14.5. The maximum absolute atomic E-state index is 8.54. The molecule has 0 aliphatic carbocycles. The first kappa shape index (κ1) is 10.8. The molecule has 1 radical (unpaired) electrons. The highest BCUT2D eigenvalue weighted by atomic mass is 16.6. The summed E-state index contributed by atoms with van der Waals surface area (Å²) in [5, 5.41) is 8.54. The Morgan fingerprint density at radius 2 is 1.91 bits per heavy atom. The van der Waals surface area contributed by atoms with Gasteiger partial charge in [0.15, 0.2) is 6.29 Å². The Kier molecular flexibility index (Phi) is 7.83. The topological polar surface area (TPSA) is 47.9 Å². The lowest BCUT2D eigenvalue weighted by atomic mass is 10.7. The minimum absolute atomic E-state index is 0.356. The summed E-state index contributed by atoms with van der Waals surface area (Å²) in [4.78, 5) is 0. The third kappa shape index (κ3) is 9.84. The van der Waals surface area contributed by atoms with E-state index in [0.29, 0.717) is 26.4 Å². The number of methoxy groups -OCH3 is 1. The highest BCUT2D eigenvalue weighted by molar-refractivity contribution is 4.39. The number of aliphatic hydroxyl groups is 1. The van der Waals surface area contributed by atoms with Gasteiger partial charge < -0.3 is 19.3 Å². The minimum Gasteiger partial charge on any atom is -0.382 e. The van der Waals surface area contributed by atoms with Crippen molar-refractivity contribution < 1.29 is 19.3 Å². The Bertz CT molecular complexity index is 74.8. The molecule has 11 heavy (non-hydrogen) atoms. The van der Waals surface area contributed by atoms with E-state index >= 15 is 0 Å². The fourth-order valence-corrected chi connectivity index (χ4v) is 0.487. The SMILES string of the molecule is [CH2]C(O)OCCOCCOC. The van der Waals surface area contributed by atoms with E-state index in [1.165, 1.54) is 0 Å². The molecule has 0 saturated heterocycles. The maximum atomic E-state index is 8.54. The Morgan fingerprint density at radius 1 is 1.27 bits per heavy atom. The summed E-state index contributed by atoms with van der Waals surface area (Å²) >= 11 is 0. The zero-order valence-electron chi connectivity index (χ0n) is 6.78. The lowest BCUT2D eigenvalue weighted by Gasteiger charge is -2.06. The standard InChI is InChI=1S/C7H15O4/c1-7(8)11-6-5-10-4-3-9-2/h7-8H,1,3-6H2,2H3. The molecule has 4 heteroatoms. The van der Waals surface area contributed by atoms with Gasteiger partial charge in [-0.25, -0.2) is 0 Å². The first-order valence-electron chi connectivity index (χ1n) is 3.47. The molecule has 0 heterocycles. The minimum atomic E-state index is -0.957. The Labute approximate surface area is 67.1 Å². The summed E-state index contributed by atoms with van der Waals surface area (Å²) in [7, 11) is 1.61. The first-order chi connectivity index (χ1) is 5.27. The van der Waals surface area contributed by atoms with Gasteiger partial charge in [0.25, 0.3) is 0 Å². The number of hydrogen-bond acceptors (Lipinski definition) is 4. The van der Waals surface area contributed by atoms with Gasteiger partial charge in [-0.05, 0) is 0 Å². The molecule has 1 unspecified atom stereocenters. The van der Waals surface area contributed by atoms with Gasteiger partial charge in [0.1, 0.15) is 0 Å². The molecular weight excluding hydrogens is 148 g/mol. The van der Waals surface area contributed by atoms with Crippen LogP contribution in [0, 0.1) is 6.92 Å².